The summed E-state index contributed by atoms with van der Waals surface area (Å²) in [5.41, 5.74) is 3.21. The van der Waals surface area contributed by atoms with Crippen LogP contribution in [0.15, 0.2) is 56.2 Å². The van der Waals surface area contributed by atoms with Crippen molar-refractivity contribution in [1.29, 1.82) is 0 Å². The van der Waals surface area contributed by atoms with E-state index in [0.717, 1.165) is 11.1 Å². The molecule has 1 unspecified atom stereocenters. The van der Waals surface area contributed by atoms with Crippen LogP contribution in [0.25, 0.3) is 33.1 Å². The maximum atomic E-state index is 13.0. The molecule has 34 heavy (non-hydrogen) atoms. The summed E-state index contributed by atoms with van der Waals surface area (Å²) in [6.45, 7) is 5.45. The summed E-state index contributed by atoms with van der Waals surface area (Å²) in [6.07, 6.45) is 0. The van der Waals surface area contributed by atoms with Crippen LogP contribution < -0.4 is 10.5 Å². The third-order valence-electron chi connectivity index (χ3n) is 6.04. The molecule has 9 nitrogen and oxygen atoms in total. The Morgan fingerprint density at radius 3 is 2.53 bits per heavy atom. The molecular weight excluding hydrogens is 438 g/mol. The summed E-state index contributed by atoms with van der Waals surface area (Å²) in [4.78, 5) is 29.4. The molecule has 0 bridgehead atoms. The Labute approximate surface area is 193 Å². The fourth-order valence-electron chi connectivity index (χ4n) is 4.43. The number of methoxy groups -OCH3 is 1. The van der Waals surface area contributed by atoms with Crippen molar-refractivity contribution in [2.24, 2.45) is 0 Å². The first-order valence-electron chi connectivity index (χ1n) is 10.6. The van der Waals surface area contributed by atoms with E-state index in [1.54, 1.807) is 19.1 Å². The molecule has 0 radical (unpaired) electrons. The van der Waals surface area contributed by atoms with Crippen LogP contribution in [0.4, 0.5) is 0 Å². The number of fused-ring (bicyclic) bond motifs is 3. The standard InChI is InChI=1S/C25H21N3O6/c1-12-20(14(3)34-27-12)17-10-18-16(11-19(17)32-4)22-23(21(26-18)24(29)30)33-25(31)28(22)13(2)15-8-6-5-7-9-15/h5-11,13H,1-4H3,(H,29,30). The smallest absolute Gasteiger partial charge is 0.420 e. The van der Waals surface area contributed by atoms with Gasteiger partial charge in [-0.25, -0.2) is 14.6 Å². The fraction of sp³-hybridized carbons (Fsp3) is 0.200. The minimum Gasteiger partial charge on any atom is -0.496 e. The zero-order chi connectivity index (χ0) is 24.1. The van der Waals surface area contributed by atoms with Gasteiger partial charge >= 0.3 is 11.7 Å². The number of carboxylic acid groups (broad SMARTS) is 1. The molecule has 0 amide bonds. The third kappa shape index (κ3) is 3.16. The second kappa shape index (κ2) is 7.87. The first-order valence-corrected chi connectivity index (χ1v) is 10.6. The maximum absolute atomic E-state index is 13.0. The van der Waals surface area contributed by atoms with Gasteiger partial charge in [0.05, 0.1) is 29.9 Å². The second-order valence-electron chi connectivity index (χ2n) is 8.04. The van der Waals surface area contributed by atoms with Crippen molar-refractivity contribution in [1.82, 2.24) is 14.7 Å². The summed E-state index contributed by atoms with van der Waals surface area (Å²) in [7, 11) is 1.54. The predicted molar refractivity (Wildman–Crippen MR) is 125 cm³/mol. The molecule has 0 aliphatic carbocycles. The lowest BCUT2D eigenvalue weighted by molar-refractivity contribution is 0.0692. The third-order valence-corrected chi connectivity index (χ3v) is 6.04. The van der Waals surface area contributed by atoms with Gasteiger partial charge in [0.2, 0.25) is 0 Å². The number of pyridine rings is 1. The van der Waals surface area contributed by atoms with Gasteiger partial charge in [-0.05, 0) is 38.5 Å². The summed E-state index contributed by atoms with van der Waals surface area (Å²) in [5, 5.41) is 14.4. The second-order valence-corrected chi connectivity index (χ2v) is 8.04. The van der Waals surface area contributed by atoms with Crippen LogP contribution in [0, 0.1) is 13.8 Å². The van der Waals surface area contributed by atoms with Crippen molar-refractivity contribution >= 4 is 28.0 Å². The SMILES string of the molecule is COc1cc2c(cc1-c1c(C)noc1C)nc(C(=O)O)c1oc(=O)n(C(C)c3ccccc3)c12. The number of ether oxygens (including phenoxy) is 1. The van der Waals surface area contributed by atoms with Crippen LogP contribution in [0.2, 0.25) is 0 Å². The first kappa shape index (κ1) is 21.4. The van der Waals surface area contributed by atoms with Gasteiger partial charge in [-0.3, -0.25) is 4.57 Å². The van der Waals surface area contributed by atoms with Crippen LogP contribution >= 0.6 is 0 Å². The minimum absolute atomic E-state index is 0.0834. The molecule has 5 aromatic rings. The maximum Gasteiger partial charge on any atom is 0.420 e. The van der Waals surface area contributed by atoms with Gasteiger partial charge in [-0.1, -0.05) is 35.5 Å². The highest BCUT2D eigenvalue weighted by molar-refractivity contribution is 6.10. The predicted octanol–water partition coefficient (Wildman–Crippen LogP) is 4.73. The number of aryl methyl sites for hydroxylation is 2. The number of rotatable bonds is 5. The highest BCUT2D eigenvalue weighted by Crippen LogP contribution is 2.40. The van der Waals surface area contributed by atoms with Crippen LogP contribution in [0.3, 0.4) is 0 Å². The molecule has 2 aromatic carbocycles. The monoisotopic (exact) mass is 459 g/mol. The molecule has 172 valence electrons. The molecule has 3 aromatic heterocycles. The highest BCUT2D eigenvalue weighted by atomic mass is 16.5. The van der Waals surface area contributed by atoms with Crippen LogP contribution in [-0.4, -0.2) is 32.9 Å². The van der Waals surface area contributed by atoms with Crippen LogP contribution in [0.1, 0.15) is 40.5 Å². The lowest BCUT2D eigenvalue weighted by Gasteiger charge is -2.15. The molecule has 0 aliphatic rings. The molecule has 0 saturated carbocycles. The topological polar surface area (TPSA) is 121 Å². The minimum atomic E-state index is -1.30. The molecule has 1 atom stereocenters. The normalized spacial score (nSPS) is 12.4. The first-order chi connectivity index (χ1) is 16.3. The Balaban J connectivity index is 1.91. The van der Waals surface area contributed by atoms with E-state index in [-0.39, 0.29) is 11.3 Å². The Bertz CT molecular complexity index is 1610. The van der Waals surface area contributed by atoms with E-state index in [2.05, 4.69) is 10.1 Å². The van der Waals surface area contributed by atoms with E-state index in [1.807, 2.05) is 44.2 Å². The number of hydrogen-bond donors (Lipinski definition) is 1. The molecule has 0 fully saturated rings. The van der Waals surface area contributed by atoms with Gasteiger partial charge in [0.15, 0.2) is 11.3 Å². The summed E-state index contributed by atoms with van der Waals surface area (Å²) >= 11 is 0. The van der Waals surface area contributed by atoms with Gasteiger partial charge in [0.25, 0.3) is 0 Å². The van der Waals surface area contributed by atoms with Gasteiger partial charge in [-0.15, -0.1) is 0 Å². The zero-order valence-corrected chi connectivity index (χ0v) is 18.9. The van der Waals surface area contributed by atoms with Crippen LogP contribution in [0.5, 0.6) is 5.75 Å². The molecule has 5 rings (SSSR count). The van der Waals surface area contributed by atoms with Gasteiger partial charge in [0.1, 0.15) is 17.0 Å². The average molecular weight is 459 g/mol. The van der Waals surface area contributed by atoms with Crippen molar-refractivity contribution in [2.75, 3.05) is 7.11 Å². The number of carboxylic acids is 1. The Morgan fingerprint density at radius 1 is 1.18 bits per heavy atom. The zero-order valence-electron chi connectivity index (χ0n) is 18.9. The lowest BCUT2D eigenvalue weighted by atomic mass is 9.99. The van der Waals surface area contributed by atoms with E-state index in [0.29, 0.717) is 39.2 Å². The van der Waals surface area contributed by atoms with Crippen molar-refractivity contribution in [3.05, 3.63) is 75.7 Å². The quantitative estimate of drug-likeness (QED) is 0.400. The van der Waals surface area contributed by atoms with E-state index in [4.69, 9.17) is 13.7 Å². The van der Waals surface area contributed by atoms with E-state index in [1.165, 1.54) is 11.7 Å². The van der Waals surface area contributed by atoms with E-state index in [9.17, 15) is 14.7 Å². The average Bonchev–Trinajstić information content (AvgIpc) is 3.35. The molecule has 1 N–H and O–H groups in total. The van der Waals surface area contributed by atoms with Gasteiger partial charge in [0, 0.05) is 10.9 Å². The van der Waals surface area contributed by atoms with E-state index < -0.39 is 17.8 Å². The highest BCUT2D eigenvalue weighted by Gasteiger charge is 2.27. The van der Waals surface area contributed by atoms with Gasteiger partial charge in [-0.2, -0.15) is 0 Å². The van der Waals surface area contributed by atoms with Crippen molar-refractivity contribution < 1.29 is 23.6 Å². The number of benzene rings is 2. The van der Waals surface area contributed by atoms with Crippen LogP contribution in [-0.2, 0) is 0 Å². The fourth-order valence-corrected chi connectivity index (χ4v) is 4.43. The number of aromatic nitrogens is 3. The number of nitrogens with zero attached hydrogens (tertiary/aromatic N) is 3. The lowest BCUT2D eigenvalue weighted by Crippen LogP contribution is -2.19. The number of aromatic carboxylic acids is 1. The number of carbonyl (C=O) groups is 1. The molecule has 9 heteroatoms. The Hall–Kier alpha value is -4.40. The molecule has 0 spiro atoms. The summed E-state index contributed by atoms with van der Waals surface area (Å²) in [5.74, 6) is -0.875. The number of oxazole rings is 1. The van der Waals surface area contributed by atoms with E-state index >= 15 is 0 Å². The Kier molecular flexibility index (Phi) is 4.97. The summed E-state index contributed by atoms with van der Waals surface area (Å²) in [6, 6.07) is 12.5. The van der Waals surface area contributed by atoms with Crippen molar-refractivity contribution in [3.8, 4) is 16.9 Å². The molecule has 0 saturated heterocycles. The molecule has 0 aliphatic heterocycles. The molecular formula is C25H21N3O6. The van der Waals surface area contributed by atoms with Gasteiger partial charge < -0.3 is 18.8 Å². The molecule has 3 heterocycles. The Morgan fingerprint density at radius 2 is 1.91 bits per heavy atom. The summed E-state index contributed by atoms with van der Waals surface area (Å²) < 4.78 is 17.9. The largest absolute Gasteiger partial charge is 0.496 e. The van der Waals surface area contributed by atoms with Crippen molar-refractivity contribution in [3.63, 3.8) is 0 Å². The number of hydrogen-bond acceptors (Lipinski definition) is 7. The van der Waals surface area contributed by atoms with Crippen molar-refractivity contribution in [2.45, 2.75) is 26.8 Å².